The van der Waals surface area contributed by atoms with E-state index in [2.05, 4.69) is 25.2 Å². The third-order valence-electron chi connectivity index (χ3n) is 6.40. The number of hydrogen-bond donors (Lipinski definition) is 3. The van der Waals surface area contributed by atoms with Gasteiger partial charge in [0.15, 0.2) is 11.2 Å². The molecule has 2 aromatic heterocycles. The van der Waals surface area contributed by atoms with E-state index in [4.69, 9.17) is 24.1 Å². The van der Waals surface area contributed by atoms with Crippen LogP contribution in [0.4, 0.5) is 5.95 Å². The molecule has 0 atom stereocenters. The molecular formula is C22H35N7O7Si. The summed E-state index contributed by atoms with van der Waals surface area (Å²) < 4.78 is 24.5. The monoisotopic (exact) mass is 537 g/mol. The zero-order chi connectivity index (χ0) is 26.1. The second-order valence-corrected chi connectivity index (χ2v) is 12.5. The molecule has 0 unspecified atom stereocenters. The van der Waals surface area contributed by atoms with Crippen molar-refractivity contribution in [3.8, 4) is 0 Å². The second-order valence-electron chi connectivity index (χ2n) is 9.10. The molecule has 3 aliphatic rings. The van der Waals surface area contributed by atoms with Crippen LogP contribution in [-0.4, -0.2) is 97.5 Å². The smallest absolute Gasteiger partial charge is 0.338 e. The maximum Gasteiger partial charge on any atom is 0.338 e. The summed E-state index contributed by atoms with van der Waals surface area (Å²) in [5.41, 5.74) is 5.59. The quantitative estimate of drug-likeness (QED) is 0.184. The molecule has 0 aliphatic carbocycles. The number of nitrogens with two attached hydrogens (primary N) is 1. The molecule has 5 heterocycles. The average Bonchev–Trinajstić information content (AvgIpc) is 3.23. The fraction of sp³-hybridized carbons (Fsp3) is 0.682. The van der Waals surface area contributed by atoms with E-state index in [0.717, 1.165) is 57.8 Å². The van der Waals surface area contributed by atoms with E-state index in [-0.39, 0.29) is 50.2 Å². The SMILES string of the molecule is Nc1nc2c(ncn2COCCOC(=O)CCC(=O)NCCC[Si]23CCCN(CCO2)CCO3)c(=O)[nH]1. The fourth-order valence-corrected chi connectivity index (χ4v) is 7.74. The molecule has 4 N–H and O–H groups in total. The van der Waals surface area contributed by atoms with Crippen LogP contribution in [0.2, 0.25) is 12.1 Å². The lowest BCUT2D eigenvalue weighted by atomic mass is 10.3. The van der Waals surface area contributed by atoms with Crippen LogP contribution < -0.4 is 16.6 Å². The minimum atomic E-state index is -2.19. The Balaban J connectivity index is 1.06. The van der Waals surface area contributed by atoms with Crippen LogP contribution in [0, 0.1) is 0 Å². The summed E-state index contributed by atoms with van der Waals surface area (Å²) in [6.45, 7) is 5.24. The maximum atomic E-state index is 12.1. The number of esters is 1. The van der Waals surface area contributed by atoms with Crippen molar-refractivity contribution in [2.45, 2.75) is 44.5 Å². The molecule has 0 spiro atoms. The number of imidazole rings is 1. The van der Waals surface area contributed by atoms with Crippen molar-refractivity contribution >= 4 is 37.5 Å². The Labute approximate surface area is 215 Å². The molecule has 204 valence electrons. The van der Waals surface area contributed by atoms with Gasteiger partial charge in [-0.15, -0.1) is 0 Å². The number of nitrogens with zero attached hydrogens (tertiary/aromatic N) is 4. The molecule has 2 bridgehead atoms. The Morgan fingerprint density at radius 3 is 2.81 bits per heavy atom. The average molecular weight is 538 g/mol. The number of amides is 1. The number of aromatic nitrogens is 4. The molecule has 3 aliphatic heterocycles. The maximum absolute atomic E-state index is 12.1. The van der Waals surface area contributed by atoms with Gasteiger partial charge in [-0.2, -0.15) is 4.98 Å². The van der Waals surface area contributed by atoms with E-state index in [1.807, 2.05) is 0 Å². The number of H-pyrrole nitrogens is 1. The highest BCUT2D eigenvalue weighted by molar-refractivity contribution is 6.67. The largest absolute Gasteiger partial charge is 0.463 e. The number of aromatic amines is 1. The first-order valence-corrected chi connectivity index (χ1v) is 14.9. The van der Waals surface area contributed by atoms with Crippen LogP contribution in [0.25, 0.3) is 11.2 Å². The summed E-state index contributed by atoms with van der Waals surface area (Å²) in [5.74, 6) is -0.675. The number of carbonyl (C=O) groups is 2. The molecule has 0 aromatic carbocycles. The fourth-order valence-electron chi connectivity index (χ4n) is 4.49. The van der Waals surface area contributed by atoms with Gasteiger partial charge in [-0.3, -0.25) is 28.8 Å². The summed E-state index contributed by atoms with van der Waals surface area (Å²) in [5, 5.41) is 2.87. The van der Waals surface area contributed by atoms with E-state index in [1.54, 1.807) is 0 Å². The van der Waals surface area contributed by atoms with E-state index in [0.29, 0.717) is 12.2 Å². The first-order valence-electron chi connectivity index (χ1n) is 12.7. The van der Waals surface area contributed by atoms with Crippen molar-refractivity contribution in [3.63, 3.8) is 0 Å². The minimum absolute atomic E-state index is 0.00856. The first-order chi connectivity index (χ1) is 17.9. The van der Waals surface area contributed by atoms with E-state index < -0.39 is 20.1 Å². The predicted octanol–water partition coefficient (Wildman–Crippen LogP) is -0.300. The van der Waals surface area contributed by atoms with Gasteiger partial charge in [0.1, 0.15) is 13.3 Å². The van der Waals surface area contributed by atoms with Gasteiger partial charge in [-0.1, -0.05) is 0 Å². The molecule has 3 saturated heterocycles. The number of rotatable bonds is 12. The number of fused-ring (bicyclic) bond motifs is 7. The lowest BCUT2D eigenvalue weighted by Gasteiger charge is -2.39. The van der Waals surface area contributed by atoms with Gasteiger partial charge < -0.3 is 29.4 Å². The molecule has 1 amide bonds. The highest BCUT2D eigenvalue weighted by atomic mass is 28.4. The Hall–Kier alpha value is -2.85. The number of carbonyl (C=O) groups excluding carboxylic acids is 2. The van der Waals surface area contributed by atoms with Gasteiger partial charge in [-0.05, 0) is 31.5 Å². The van der Waals surface area contributed by atoms with E-state index >= 15 is 0 Å². The topological polar surface area (TPSA) is 176 Å². The van der Waals surface area contributed by atoms with Crippen LogP contribution in [0.1, 0.15) is 25.7 Å². The number of hydrogen-bond acceptors (Lipinski definition) is 11. The summed E-state index contributed by atoms with van der Waals surface area (Å²) in [7, 11) is -2.19. The van der Waals surface area contributed by atoms with Gasteiger partial charge in [0.05, 0.1) is 19.4 Å². The Morgan fingerprint density at radius 1 is 1.19 bits per heavy atom. The van der Waals surface area contributed by atoms with Crippen LogP contribution >= 0.6 is 0 Å². The first kappa shape index (κ1) is 27.2. The van der Waals surface area contributed by atoms with Crippen molar-refractivity contribution < 1.29 is 27.9 Å². The Kier molecular flexibility index (Phi) is 9.62. The summed E-state index contributed by atoms with van der Waals surface area (Å²) in [6, 6.07) is 1.86. The van der Waals surface area contributed by atoms with Crippen molar-refractivity contribution in [1.82, 2.24) is 29.7 Å². The lowest BCUT2D eigenvalue weighted by molar-refractivity contribution is -0.146. The molecule has 5 rings (SSSR count). The van der Waals surface area contributed by atoms with Crippen LogP contribution in [0.3, 0.4) is 0 Å². The van der Waals surface area contributed by atoms with Gasteiger partial charge >= 0.3 is 14.5 Å². The molecule has 14 nitrogen and oxygen atoms in total. The third kappa shape index (κ3) is 7.81. The van der Waals surface area contributed by atoms with Gasteiger partial charge in [0.25, 0.3) is 5.56 Å². The van der Waals surface area contributed by atoms with Crippen LogP contribution in [0.5, 0.6) is 0 Å². The zero-order valence-corrected chi connectivity index (χ0v) is 21.9. The van der Waals surface area contributed by atoms with E-state index in [1.165, 1.54) is 10.9 Å². The van der Waals surface area contributed by atoms with Gasteiger partial charge in [0, 0.05) is 39.3 Å². The highest BCUT2D eigenvalue weighted by Gasteiger charge is 2.39. The Bertz CT molecular complexity index is 1100. The normalized spacial score (nSPS) is 21.8. The third-order valence-corrected chi connectivity index (χ3v) is 10.1. The second kappa shape index (κ2) is 13.1. The van der Waals surface area contributed by atoms with Crippen LogP contribution in [-0.2, 0) is 34.6 Å². The standard InChI is InChI=1S/C22H35N7O7Si/c23-22-26-20-19(21(32)27-22)25-15-29(20)16-33-11-12-34-18(31)4-3-17(30)24-5-1-13-37-14-2-6-28(7-9-35-37)8-10-36-37/h15H,1-14,16H2,(H,24,30)(H3,23,26,27,32). The molecule has 2 aromatic rings. The molecule has 3 fully saturated rings. The molecule has 0 radical (unpaired) electrons. The Morgan fingerprint density at radius 2 is 2.00 bits per heavy atom. The molecule has 15 heteroatoms. The lowest BCUT2D eigenvalue weighted by Crippen LogP contribution is -2.51. The van der Waals surface area contributed by atoms with Gasteiger partial charge in [-0.25, -0.2) is 4.98 Å². The number of ether oxygens (including phenoxy) is 2. The summed E-state index contributed by atoms with van der Waals surface area (Å²) in [4.78, 5) is 48.6. The molecular weight excluding hydrogens is 502 g/mol. The number of anilines is 1. The van der Waals surface area contributed by atoms with Crippen molar-refractivity contribution in [1.29, 1.82) is 0 Å². The minimum Gasteiger partial charge on any atom is -0.463 e. The summed E-state index contributed by atoms with van der Waals surface area (Å²) >= 11 is 0. The van der Waals surface area contributed by atoms with Crippen molar-refractivity contribution in [3.05, 3.63) is 16.7 Å². The number of nitrogen functional groups attached to an aromatic ring is 1. The van der Waals surface area contributed by atoms with Gasteiger partial charge in [0.2, 0.25) is 11.9 Å². The highest BCUT2D eigenvalue weighted by Crippen LogP contribution is 2.26. The molecule has 37 heavy (non-hydrogen) atoms. The number of nitrogens with one attached hydrogen (secondary N) is 2. The predicted molar refractivity (Wildman–Crippen MR) is 135 cm³/mol. The zero-order valence-electron chi connectivity index (χ0n) is 20.9. The van der Waals surface area contributed by atoms with Crippen LogP contribution in [0.15, 0.2) is 11.1 Å². The van der Waals surface area contributed by atoms with Crippen molar-refractivity contribution in [2.75, 3.05) is 58.3 Å². The van der Waals surface area contributed by atoms with Crippen molar-refractivity contribution in [2.24, 2.45) is 0 Å². The summed E-state index contributed by atoms with van der Waals surface area (Å²) in [6.07, 6.45) is 3.37. The van der Waals surface area contributed by atoms with E-state index in [9.17, 15) is 14.4 Å². The molecule has 0 saturated carbocycles.